The Bertz CT molecular complexity index is 139. The molecule has 0 aromatic rings. The van der Waals surface area contributed by atoms with Crippen molar-refractivity contribution in [3.8, 4) is 0 Å². The van der Waals surface area contributed by atoms with Crippen LogP contribution < -0.4 is 0 Å². The van der Waals surface area contributed by atoms with Gasteiger partial charge < -0.3 is 0 Å². The minimum Gasteiger partial charge on any atom is -0.0654 e. The molecule has 0 N–H and O–H groups in total. The van der Waals surface area contributed by atoms with Gasteiger partial charge in [0.25, 0.3) is 0 Å². The maximum Gasteiger partial charge on any atom is -0.0414 e. The van der Waals surface area contributed by atoms with Crippen LogP contribution >= 0.6 is 0 Å². The molecule has 0 aromatic carbocycles. The normalized spacial score (nSPS) is 14.8. The molecular formula is C17H36. The molecule has 0 nitrogen and oxygen atoms in total. The van der Waals surface area contributed by atoms with E-state index in [4.69, 9.17) is 0 Å². The Labute approximate surface area is 111 Å². The summed E-state index contributed by atoms with van der Waals surface area (Å²) in [6.07, 6.45) is 15.8. The second-order valence-corrected chi connectivity index (χ2v) is 5.96. The number of hydrogen-bond acceptors (Lipinski definition) is 0. The Hall–Kier alpha value is 0. The van der Waals surface area contributed by atoms with E-state index in [0.29, 0.717) is 0 Å². The highest BCUT2D eigenvalue weighted by Crippen LogP contribution is 2.25. The van der Waals surface area contributed by atoms with Crippen LogP contribution in [0.25, 0.3) is 0 Å². The summed E-state index contributed by atoms with van der Waals surface area (Å²) in [5.41, 5.74) is 0. The van der Waals surface area contributed by atoms with Gasteiger partial charge in [-0.1, -0.05) is 91.9 Å². The molecule has 0 spiro atoms. The van der Waals surface area contributed by atoms with E-state index < -0.39 is 0 Å². The van der Waals surface area contributed by atoms with Gasteiger partial charge in [-0.3, -0.25) is 0 Å². The molecule has 17 heavy (non-hydrogen) atoms. The maximum absolute atomic E-state index is 2.46. The van der Waals surface area contributed by atoms with Gasteiger partial charge in [0.2, 0.25) is 0 Å². The zero-order valence-corrected chi connectivity index (χ0v) is 12.9. The zero-order chi connectivity index (χ0) is 12.9. The molecule has 0 heterocycles. The van der Waals surface area contributed by atoms with Crippen molar-refractivity contribution in [1.29, 1.82) is 0 Å². The summed E-state index contributed by atoms with van der Waals surface area (Å²) in [5.74, 6) is 1.96. The van der Waals surface area contributed by atoms with Crippen molar-refractivity contribution in [2.75, 3.05) is 0 Å². The highest BCUT2D eigenvalue weighted by molar-refractivity contribution is 4.63. The highest BCUT2D eigenvalue weighted by atomic mass is 14.2. The molecule has 0 aliphatic heterocycles. The Kier molecular flexibility index (Phi) is 12.5. The van der Waals surface area contributed by atoms with E-state index in [0.717, 1.165) is 11.8 Å². The fraction of sp³-hybridized carbons (Fsp3) is 1.00. The van der Waals surface area contributed by atoms with E-state index in [-0.39, 0.29) is 0 Å². The van der Waals surface area contributed by atoms with Crippen LogP contribution in [0.5, 0.6) is 0 Å². The molecule has 0 aromatic heterocycles. The lowest BCUT2D eigenvalue weighted by molar-refractivity contribution is 0.331. The lowest BCUT2D eigenvalue weighted by Gasteiger charge is -2.19. The van der Waals surface area contributed by atoms with Gasteiger partial charge in [-0.05, 0) is 18.3 Å². The lowest BCUT2D eigenvalue weighted by atomic mass is 9.87. The van der Waals surface area contributed by atoms with E-state index in [2.05, 4.69) is 27.7 Å². The second-order valence-electron chi connectivity index (χ2n) is 5.96. The van der Waals surface area contributed by atoms with Gasteiger partial charge in [-0.2, -0.15) is 0 Å². The van der Waals surface area contributed by atoms with Crippen molar-refractivity contribution in [1.82, 2.24) is 0 Å². The zero-order valence-electron chi connectivity index (χ0n) is 12.9. The van der Waals surface area contributed by atoms with Gasteiger partial charge in [0, 0.05) is 0 Å². The molecule has 0 radical (unpaired) electrons. The lowest BCUT2D eigenvalue weighted by Crippen LogP contribution is -2.06. The Balaban J connectivity index is 3.56. The SMILES string of the molecule is CCCCCCC(CC)CC(C)CCCCC. The number of rotatable bonds is 12. The van der Waals surface area contributed by atoms with Gasteiger partial charge in [0.15, 0.2) is 0 Å². The summed E-state index contributed by atoms with van der Waals surface area (Å²) < 4.78 is 0. The third-order valence-corrected chi connectivity index (χ3v) is 4.08. The van der Waals surface area contributed by atoms with Crippen molar-refractivity contribution in [2.24, 2.45) is 11.8 Å². The Morgan fingerprint density at radius 3 is 1.88 bits per heavy atom. The molecule has 0 rings (SSSR count). The monoisotopic (exact) mass is 240 g/mol. The molecule has 0 fully saturated rings. The number of hydrogen-bond donors (Lipinski definition) is 0. The minimum atomic E-state index is 0.956. The van der Waals surface area contributed by atoms with E-state index in [1.807, 2.05) is 0 Å². The van der Waals surface area contributed by atoms with Crippen LogP contribution in [0.3, 0.4) is 0 Å². The van der Waals surface area contributed by atoms with E-state index in [1.54, 1.807) is 0 Å². The predicted octanol–water partition coefficient (Wildman–Crippen LogP) is 6.59. The van der Waals surface area contributed by atoms with E-state index >= 15 is 0 Å². The molecule has 0 amide bonds. The van der Waals surface area contributed by atoms with Crippen LogP contribution in [0.2, 0.25) is 0 Å². The number of unbranched alkanes of at least 4 members (excludes halogenated alkanes) is 5. The van der Waals surface area contributed by atoms with Crippen LogP contribution in [0.4, 0.5) is 0 Å². The largest absolute Gasteiger partial charge is 0.0654 e. The highest BCUT2D eigenvalue weighted by Gasteiger charge is 2.11. The second kappa shape index (κ2) is 12.5. The van der Waals surface area contributed by atoms with Crippen LogP contribution in [-0.2, 0) is 0 Å². The Morgan fingerprint density at radius 2 is 1.29 bits per heavy atom. The molecule has 0 saturated carbocycles. The first-order valence-electron chi connectivity index (χ1n) is 8.24. The van der Waals surface area contributed by atoms with Crippen LogP contribution in [0.15, 0.2) is 0 Å². The van der Waals surface area contributed by atoms with E-state index in [9.17, 15) is 0 Å². The molecule has 0 saturated heterocycles. The van der Waals surface area contributed by atoms with Crippen LogP contribution in [0, 0.1) is 11.8 Å². The maximum atomic E-state index is 2.46. The van der Waals surface area contributed by atoms with Gasteiger partial charge in [-0.25, -0.2) is 0 Å². The third-order valence-electron chi connectivity index (χ3n) is 4.08. The van der Waals surface area contributed by atoms with Crippen LogP contribution in [-0.4, -0.2) is 0 Å². The topological polar surface area (TPSA) is 0 Å². The minimum absolute atomic E-state index is 0.956. The molecule has 104 valence electrons. The van der Waals surface area contributed by atoms with Crippen LogP contribution in [0.1, 0.15) is 98.3 Å². The molecule has 2 unspecified atom stereocenters. The molecule has 0 aliphatic rings. The predicted molar refractivity (Wildman–Crippen MR) is 80.5 cm³/mol. The average Bonchev–Trinajstić information content (AvgIpc) is 2.33. The van der Waals surface area contributed by atoms with Crippen molar-refractivity contribution < 1.29 is 0 Å². The average molecular weight is 240 g/mol. The molecule has 2 atom stereocenters. The van der Waals surface area contributed by atoms with Crippen molar-refractivity contribution in [3.63, 3.8) is 0 Å². The molecular weight excluding hydrogens is 204 g/mol. The van der Waals surface area contributed by atoms with Gasteiger partial charge >= 0.3 is 0 Å². The van der Waals surface area contributed by atoms with Gasteiger partial charge in [0.05, 0.1) is 0 Å². The summed E-state index contributed by atoms with van der Waals surface area (Å²) in [6.45, 7) is 9.44. The third kappa shape index (κ3) is 10.9. The van der Waals surface area contributed by atoms with Crippen molar-refractivity contribution in [3.05, 3.63) is 0 Å². The Morgan fingerprint density at radius 1 is 0.706 bits per heavy atom. The first kappa shape index (κ1) is 17.0. The summed E-state index contributed by atoms with van der Waals surface area (Å²) in [5, 5.41) is 0. The fourth-order valence-electron chi connectivity index (χ4n) is 2.78. The quantitative estimate of drug-likeness (QED) is 0.338. The smallest absolute Gasteiger partial charge is 0.0414 e. The first-order valence-corrected chi connectivity index (χ1v) is 8.24. The molecule has 0 heteroatoms. The molecule has 0 bridgehead atoms. The van der Waals surface area contributed by atoms with Gasteiger partial charge in [-0.15, -0.1) is 0 Å². The van der Waals surface area contributed by atoms with Crippen molar-refractivity contribution in [2.45, 2.75) is 98.3 Å². The summed E-state index contributed by atoms with van der Waals surface area (Å²) in [6, 6.07) is 0. The fourth-order valence-corrected chi connectivity index (χ4v) is 2.78. The standard InChI is InChI=1S/C17H36/c1-5-8-10-12-14-17(7-3)15-16(4)13-11-9-6-2/h16-17H,5-15H2,1-4H3. The van der Waals surface area contributed by atoms with Crippen molar-refractivity contribution >= 4 is 0 Å². The first-order chi connectivity index (χ1) is 8.24. The summed E-state index contributed by atoms with van der Waals surface area (Å²) >= 11 is 0. The summed E-state index contributed by atoms with van der Waals surface area (Å²) in [7, 11) is 0. The van der Waals surface area contributed by atoms with Gasteiger partial charge in [0.1, 0.15) is 0 Å². The van der Waals surface area contributed by atoms with E-state index in [1.165, 1.54) is 70.6 Å². The summed E-state index contributed by atoms with van der Waals surface area (Å²) in [4.78, 5) is 0. The molecule has 0 aliphatic carbocycles.